The first-order valence-corrected chi connectivity index (χ1v) is 5.24. The zero-order valence-electron chi connectivity index (χ0n) is 8.69. The lowest BCUT2D eigenvalue weighted by molar-refractivity contribution is 0.124. The zero-order valence-corrected chi connectivity index (χ0v) is 8.69. The lowest BCUT2D eigenvalue weighted by atomic mass is 9.89. The normalized spacial score (nSPS) is 23.0. The molecule has 0 aromatic carbocycles. The Morgan fingerprint density at radius 3 is 3.33 bits per heavy atom. The van der Waals surface area contributed by atoms with Crippen molar-refractivity contribution in [2.24, 2.45) is 0 Å². The Hall–Kier alpha value is -1.35. The standard InChI is InChI=1S/C12H13NO2/c1-14-10-4-6-13-12-8(10)2-3-11-9(12)5-7-15-11/h4-6,11H,2-3,7H2,1H3. The van der Waals surface area contributed by atoms with E-state index < -0.39 is 0 Å². The molecule has 1 aromatic heterocycles. The molecule has 78 valence electrons. The molecule has 0 radical (unpaired) electrons. The summed E-state index contributed by atoms with van der Waals surface area (Å²) in [7, 11) is 1.71. The molecule has 0 saturated heterocycles. The van der Waals surface area contributed by atoms with Crippen molar-refractivity contribution < 1.29 is 9.47 Å². The summed E-state index contributed by atoms with van der Waals surface area (Å²) in [6.07, 6.45) is 6.24. The fourth-order valence-electron chi connectivity index (χ4n) is 2.40. The van der Waals surface area contributed by atoms with E-state index in [0.29, 0.717) is 0 Å². The van der Waals surface area contributed by atoms with Gasteiger partial charge in [-0.05, 0) is 18.9 Å². The van der Waals surface area contributed by atoms with E-state index in [1.54, 1.807) is 13.3 Å². The quantitative estimate of drug-likeness (QED) is 0.697. The van der Waals surface area contributed by atoms with Crippen LogP contribution in [0.2, 0.25) is 0 Å². The molecular weight excluding hydrogens is 190 g/mol. The van der Waals surface area contributed by atoms with Gasteiger partial charge in [0.2, 0.25) is 0 Å². The van der Waals surface area contributed by atoms with Crippen LogP contribution in [0.25, 0.3) is 5.57 Å². The largest absolute Gasteiger partial charge is 0.496 e. The monoisotopic (exact) mass is 203 g/mol. The van der Waals surface area contributed by atoms with Crippen molar-refractivity contribution in [1.29, 1.82) is 0 Å². The van der Waals surface area contributed by atoms with E-state index in [1.165, 1.54) is 11.1 Å². The Morgan fingerprint density at radius 2 is 2.47 bits per heavy atom. The minimum atomic E-state index is 0.261. The van der Waals surface area contributed by atoms with Gasteiger partial charge in [0, 0.05) is 17.3 Å². The summed E-state index contributed by atoms with van der Waals surface area (Å²) in [6.45, 7) is 0.721. The third kappa shape index (κ3) is 1.27. The van der Waals surface area contributed by atoms with Gasteiger partial charge in [-0.3, -0.25) is 4.98 Å². The first kappa shape index (κ1) is 8.92. The number of hydrogen-bond acceptors (Lipinski definition) is 3. The lowest BCUT2D eigenvalue weighted by Crippen LogP contribution is -2.18. The van der Waals surface area contributed by atoms with Crippen LogP contribution >= 0.6 is 0 Å². The second-order valence-corrected chi connectivity index (χ2v) is 3.86. The Morgan fingerprint density at radius 1 is 1.53 bits per heavy atom. The number of rotatable bonds is 1. The average molecular weight is 203 g/mol. The smallest absolute Gasteiger partial charge is 0.125 e. The fraction of sp³-hybridized carbons (Fsp3) is 0.417. The summed E-state index contributed by atoms with van der Waals surface area (Å²) in [6, 6.07) is 1.93. The highest BCUT2D eigenvalue weighted by atomic mass is 16.5. The third-order valence-electron chi connectivity index (χ3n) is 3.11. The van der Waals surface area contributed by atoms with Crippen LogP contribution in [-0.4, -0.2) is 24.8 Å². The maximum Gasteiger partial charge on any atom is 0.125 e. The van der Waals surface area contributed by atoms with Crippen molar-refractivity contribution in [3.8, 4) is 5.75 Å². The van der Waals surface area contributed by atoms with Gasteiger partial charge in [-0.2, -0.15) is 0 Å². The summed E-state index contributed by atoms with van der Waals surface area (Å²) < 4.78 is 11.0. The lowest BCUT2D eigenvalue weighted by Gasteiger charge is -2.23. The van der Waals surface area contributed by atoms with Crippen LogP contribution in [0.1, 0.15) is 17.7 Å². The van der Waals surface area contributed by atoms with Gasteiger partial charge in [0.05, 0.1) is 25.5 Å². The molecule has 3 nitrogen and oxygen atoms in total. The van der Waals surface area contributed by atoms with Gasteiger partial charge < -0.3 is 9.47 Å². The Labute approximate surface area is 88.7 Å². The first-order valence-electron chi connectivity index (χ1n) is 5.24. The minimum Gasteiger partial charge on any atom is -0.496 e. The number of fused-ring (bicyclic) bond motifs is 3. The van der Waals surface area contributed by atoms with Crippen molar-refractivity contribution in [3.63, 3.8) is 0 Å². The molecule has 0 fully saturated rings. The molecule has 15 heavy (non-hydrogen) atoms. The second-order valence-electron chi connectivity index (χ2n) is 3.86. The molecule has 2 aliphatic rings. The highest BCUT2D eigenvalue weighted by Gasteiger charge is 2.30. The highest BCUT2D eigenvalue weighted by Crippen LogP contribution is 2.38. The van der Waals surface area contributed by atoms with E-state index in [-0.39, 0.29) is 6.10 Å². The molecule has 3 heteroatoms. The zero-order chi connectivity index (χ0) is 10.3. The number of methoxy groups -OCH3 is 1. The molecule has 1 atom stereocenters. The van der Waals surface area contributed by atoms with Crippen molar-refractivity contribution in [2.45, 2.75) is 18.9 Å². The van der Waals surface area contributed by atoms with E-state index in [9.17, 15) is 0 Å². The molecule has 0 N–H and O–H groups in total. The SMILES string of the molecule is COc1ccnc2c1CCC1OCC=C21. The van der Waals surface area contributed by atoms with Crippen molar-refractivity contribution in [2.75, 3.05) is 13.7 Å². The van der Waals surface area contributed by atoms with E-state index >= 15 is 0 Å². The van der Waals surface area contributed by atoms with Crippen LogP contribution < -0.4 is 4.74 Å². The predicted molar refractivity (Wildman–Crippen MR) is 56.8 cm³/mol. The summed E-state index contributed by atoms with van der Waals surface area (Å²) >= 11 is 0. The Kier molecular flexibility index (Phi) is 1.99. The highest BCUT2D eigenvalue weighted by molar-refractivity contribution is 5.73. The molecule has 1 aromatic rings. The Balaban J connectivity index is 2.14. The number of nitrogens with zero attached hydrogens (tertiary/aromatic N) is 1. The van der Waals surface area contributed by atoms with E-state index in [0.717, 1.165) is 30.9 Å². The second kappa shape index (κ2) is 3.35. The van der Waals surface area contributed by atoms with Crippen molar-refractivity contribution in [1.82, 2.24) is 4.98 Å². The van der Waals surface area contributed by atoms with E-state index in [1.807, 2.05) is 6.07 Å². The maximum absolute atomic E-state index is 5.61. The van der Waals surface area contributed by atoms with Gasteiger partial charge in [0.1, 0.15) is 5.75 Å². The Bertz CT molecular complexity index is 426. The molecule has 1 unspecified atom stereocenters. The van der Waals surface area contributed by atoms with Crippen molar-refractivity contribution >= 4 is 5.57 Å². The molecule has 0 spiro atoms. The fourth-order valence-corrected chi connectivity index (χ4v) is 2.40. The van der Waals surface area contributed by atoms with Crippen LogP contribution in [-0.2, 0) is 11.2 Å². The predicted octanol–water partition coefficient (Wildman–Crippen LogP) is 1.82. The van der Waals surface area contributed by atoms with Gasteiger partial charge in [-0.1, -0.05) is 6.08 Å². The number of pyridine rings is 1. The number of ether oxygens (including phenoxy) is 2. The summed E-state index contributed by atoms with van der Waals surface area (Å²) in [5.41, 5.74) is 3.55. The summed E-state index contributed by atoms with van der Waals surface area (Å²) in [4.78, 5) is 4.44. The average Bonchev–Trinajstić information content (AvgIpc) is 2.76. The van der Waals surface area contributed by atoms with Crippen LogP contribution in [0.3, 0.4) is 0 Å². The maximum atomic E-state index is 5.61. The molecular formula is C12H13NO2. The molecule has 3 rings (SSSR count). The van der Waals surface area contributed by atoms with Gasteiger partial charge in [-0.25, -0.2) is 0 Å². The molecule has 0 bridgehead atoms. The van der Waals surface area contributed by atoms with Crippen LogP contribution in [0.4, 0.5) is 0 Å². The third-order valence-corrected chi connectivity index (χ3v) is 3.11. The topological polar surface area (TPSA) is 31.4 Å². The van der Waals surface area contributed by atoms with Gasteiger partial charge in [-0.15, -0.1) is 0 Å². The summed E-state index contributed by atoms with van der Waals surface area (Å²) in [5, 5.41) is 0. The first-order chi connectivity index (χ1) is 7.40. The molecule has 0 saturated carbocycles. The molecule has 0 amide bonds. The minimum absolute atomic E-state index is 0.261. The van der Waals surface area contributed by atoms with Gasteiger partial charge in [0.15, 0.2) is 0 Å². The molecule has 2 heterocycles. The van der Waals surface area contributed by atoms with E-state index in [2.05, 4.69) is 11.1 Å². The number of hydrogen-bond donors (Lipinski definition) is 0. The van der Waals surface area contributed by atoms with E-state index in [4.69, 9.17) is 9.47 Å². The van der Waals surface area contributed by atoms with Gasteiger partial charge in [0.25, 0.3) is 0 Å². The van der Waals surface area contributed by atoms with Crippen LogP contribution in [0, 0.1) is 0 Å². The number of aromatic nitrogens is 1. The molecule has 1 aliphatic heterocycles. The van der Waals surface area contributed by atoms with Crippen LogP contribution in [0.5, 0.6) is 5.75 Å². The molecule has 1 aliphatic carbocycles. The summed E-state index contributed by atoms with van der Waals surface area (Å²) in [5.74, 6) is 0.950. The van der Waals surface area contributed by atoms with Crippen LogP contribution in [0.15, 0.2) is 18.3 Å². The van der Waals surface area contributed by atoms with Gasteiger partial charge >= 0.3 is 0 Å². The van der Waals surface area contributed by atoms with Crippen molar-refractivity contribution in [3.05, 3.63) is 29.6 Å².